The first-order valence-corrected chi connectivity index (χ1v) is 7.12. The van der Waals surface area contributed by atoms with Gasteiger partial charge in [0.2, 0.25) is 0 Å². The molecular weight excluding hydrogens is 198 g/mol. The first kappa shape index (κ1) is 10.8. The Kier molecular flexibility index (Phi) is 3.01. The second kappa shape index (κ2) is 4.48. The molecule has 0 radical (unpaired) electrons. The lowest BCUT2D eigenvalue weighted by atomic mass is 9.77. The van der Waals surface area contributed by atoms with Crippen LogP contribution in [-0.2, 0) is 4.79 Å². The highest BCUT2D eigenvalue weighted by Crippen LogP contribution is 2.38. The molecule has 2 heteroatoms. The zero-order chi connectivity index (χ0) is 11.0. The van der Waals surface area contributed by atoms with Gasteiger partial charge in [-0.05, 0) is 44.6 Å². The van der Waals surface area contributed by atoms with Crippen molar-refractivity contribution in [1.29, 1.82) is 0 Å². The number of fused-ring (bicyclic) bond motifs is 1. The molecule has 0 aromatic carbocycles. The van der Waals surface area contributed by atoms with Crippen molar-refractivity contribution in [3.63, 3.8) is 0 Å². The summed E-state index contributed by atoms with van der Waals surface area (Å²) in [4.78, 5) is 14.1. The number of nitrogens with zero attached hydrogens (tertiary/aromatic N) is 1. The van der Waals surface area contributed by atoms with Gasteiger partial charge in [0.1, 0.15) is 5.78 Å². The Morgan fingerprint density at radius 3 is 2.62 bits per heavy atom. The summed E-state index contributed by atoms with van der Waals surface area (Å²) in [5, 5.41) is 0. The van der Waals surface area contributed by atoms with E-state index in [-0.39, 0.29) is 0 Å². The summed E-state index contributed by atoms with van der Waals surface area (Å²) >= 11 is 0. The zero-order valence-corrected chi connectivity index (χ0v) is 10.2. The van der Waals surface area contributed by atoms with Crippen LogP contribution in [0.15, 0.2) is 0 Å². The van der Waals surface area contributed by atoms with Gasteiger partial charge in [0.05, 0.1) is 0 Å². The first-order chi connectivity index (χ1) is 7.84. The number of ketones is 1. The van der Waals surface area contributed by atoms with Gasteiger partial charge in [-0.3, -0.25) is 9.69 Å². The molecule has 2 saturated carbocycles. The molecule has 2 nitrogen and oxygen atoms in total. The van der Waals surface area contributed by atoms with Gasteiger partial charge >= 0.3 is 0 Å². The van der Waals surface area contributed by atoms with Crippen molar-refractivity contribution in [1.82, 2.24) is 4.90 Å². The molecule has 3 unspecified atom stereocenters. The molecule has 0 amide bonds. The van der Waals surface area contributed by atoms with Gasteiger partial charge in [0.15, 0.2) is 0 Å². The van der Waals surface area contributed by atoms with Crippen LogP contribution in [0.4, 0.5) is 0 Å². The predicted molar refractivity (Wildman–Crippen MR) is 64.3 cm³/mol. The van der Waals surface area contributed by atoms with Crippen LogP contribution in [0.2, 0.25) is 0 Å². The molecule has 0 N–H and O–H groups in total. The second-order valence-corrected chi connectivity index (χ2v) is 5.93. The fourth-order valence-electron chi connectivity index (χ4n) is 4.19. The molecule has 0 aromatic heterocycles. The fourth-order valence-corrected chi connectivity index (χ4v) is 4.19. The topological polar surface area (TPSA) is 20.3 Å². The molecule has 16 heavy (non-hydrogen) atoms. The van der Waals surface area contributed by atoms with Crippen molar-refractivity contribution >= 4 is 5.78 Å². The summed E-state index contributed by atoms with van der Waals surface area (Å²) in [5.41, 5.74) is 0. The molecule has 0 bridgehead atoms. The van der Waals surface area contributed by atoms with Crippen molar-refractivity contribution < 1.29 is 4.79 Å². The van der Waals surface area contributed by atoms with Crippen LogP contribution in [-0.4, -0.2) is 29.3 Å². The molecule has 1 aliphatic heterocycles. The van der Waals surface area contributed by atoms with Gasteiger partial charge < -0.3 is 0 Å². The van der Waals surface area contributed by atoms with Crippen molar-refractivity contribution in [2.24, 2.45) is 5.92 Å². The van der Waals surface area contributed by atoms with Crippen LogP contribution >= 0.6 is 0 Å². The maximum absolute atomic E-state index is 11.4. The molecule has 3 fully saturated rings. The molecule has 0 spiro atoms. The number of hydrogen-bond acceptors (Lipinski definition) is 2. The number of hydrogen-bond donors (Lipinski definition) is 0. The van der Waals surface area contributed by atoms with Crippen molar-refractivity contribution in [2.45, 2.75) is 69.9 Å². The molecule has 90 valence electrons. The molecule has 3 aliphatic rings. The van der Waals surface area contributed by atoms with Gasteiger partial charge in [-0.25, -0.2) is 0 Å². The van der Waals surface area contributed by atoms with E-state index in [9.17, 15) is 4.79 Å². The van der Waals surface area contributed by atoms with Crippen molar-refractivity contribution in [3.8, 4) is 0 Å². The van der Waals surface area contributed by atoms with Gasteiger partial charge in [0, 0.05) is 24.9 Å². The normalized spacial score (nSPS) is 41.0. The van der Waals surface area contributed by atoms with E-state index in [2.05, 4.69) is 4.90 Å². The van der Waals surface area contributed by atoms with Crippen LogP contribution in [0.5, 0.6) is 0 Å². The SMILES string of the molecule is O=C1CCC(N2CCCC3CCCCC32)C1. The number of rotatable bonds is 1. The lowest BCUT2D eigenvalue weighted by molar-refractivity contribution is -0.117. The van der Waals surface area contributed by atoms with Gasteiger partial charge in [0.25, 0.3) is 0 Å². The fraction of sp³-hybridized carbons (Fsp3) is 0.929. The molecule has 0 aromatic rings. The van der Waals surface area contributed by atoms with E-state index in [4.69, 9.17) is 0 Å². The first-order valence-electron chi connectivity index (χ1n) is 7.12. The van der Waals surface area contributed by atoms with Crippen molar-refractivity contribution in [2.75, 3.05) is 6.54 Å². The smallest absolute Gasteiger partial charge is 0.134 e. The Hall–Kier alpha value is -0.370. The second-order valence-electron chi connectivity index (χ2n) is 5.93. The molecular formula is C14H23NO. The van der Waals surface area contributed by atoms with E-state index in [1.807, 2.05) is 0 Å². The van der Waals surface area contributed by atoms with Crippen molar-refractivity contribution in [3.05, 3.63) is 0 Å². The minimum Gasteiger partial charge on any atom is -0.300 e. The van der Waals surface area contributed by atoms with E-state index < -0.39 is 0 Å². The van der Waals surface area contributed by atoms with E-state index in [1.54, 1.807) is 0 Å². The Bertz CT molecular complexity index is 274. The molecule has 2 aliphatic carbocycles. The monoisotopic (exact) mass is 221 g/mol. The third-order valence-electron chi connectivity index (χ3n) is 4.97. The maximum atomic E-state index is 11.4. The van der Waals surface area contributed by atoms with Crippen LogP contribution in [0.25, 0.3) is 0 Å². The summed E-state index contributed by atoms with van der Waals surface area (Å²) in [7, 11) is 0. The number of likely N-dealkylation sites (tertiary alicyclic amines) is 1. The molecule has 1 heterocycles. The lowest BCUT2D eigenvalue weighted by Gasteiger charge is -2.46. The minimum atomic E-state index is 0.503. The summed E-state index contributed by atoms with van der Waals surface area (Å²) in [6, 6.07) is 1.44. The maximum Gasteiger partial charge on any atom is 0.134 e. The largest absolute Gasteiger partial charge is 0.300 e. The molecule has 3 rings (SSSR count). The molecule has 1 saturated heterocycles. The van der Waals surface area contributed by atoms with Gasteiger partial charge in [-0.15, -0.1) is 0 Å². The van der Waals surface area contributed by atoms with E-state index >= 15 is 0 Å². The quantitative estimate of drug-likeness (QED) is 0.678. The van der Waals surface area contributed by atoms with E-state index in [1.165, 1.54) is 45.1 Å². The van der Waals surface area contributed by atoms with E-state index in [0.29, 0.717) is 11.8 Å². The van der Waals surface area contributed by atoms with Gasteiger partial charge in [-0.1, -0.05) is 12.8 Å². The summed E-state index contributed by atoms with van der Waals surface area (Å²) in [6.45, 7) is 1.26. The van der Waals surface area contributed by atoms with Gasteiger partial charge in [-0.2, -0.15) is 0 Å². The Balaban J connectivity index is 1.70. The Morgan fingerprint density at radius 2 is 1.81 bits per heavy atom. The predicted octanol–water partition coefficient (Wildman–Crippen LogP) is 2.76. The number of carbonyl (C=O) groups excluding carboxylic acids is 1. The van der Waals surface area contributed by atoms with E-state index in [0.717, 1.165) is 31.2 Å². The lowest BCUT2D eigenvalue weighted by Crippen LogP contribution is -2.50. The Morgan fingerprint density at radius 1 is 1.00 bits per heavy atom. The zero-order valence-electron chi connectivity index (χ0n) is 10.2. The minimum absolute atomic E-state index is 0.503. The standard InChI is InChI=1S/C14H23NO/c16-13-8-7-12(10-13)15-9-3-5-11-4-1-2-6-14(11)15/h11-12,14H,1-10H2. The van der Waals surface area contributed by atoms with Crippen LogP contribution < -0.4 is 0 Å². The number of carbonyl (C=O) groups is 1. The number of Topliss-reactive ketones (excluding diaryl/α,β-unsaturated/α-hetero) is 1. The summed E-state index contributed by atoms with van der Waals surface area (Å²) in [6.07, 6.45) is 11.4. The van der Waals surface area contributed by atoms with Crippen LogP contribution in [0.3, 0.4) is 0 Å². The highest BCUT2D eigenvalue weighted by atomic mass is 16.1. The Labute approximate surface area is 98.4 Å². The average molecular weight is 221 g/mol. The third kappa shape index (κ3) is 1.92. The molecule has 3 atom stereocenters. The van der Waals surface area contributed by atoms with Crippen LogP contribution in [0.1, 0.15) is 57.8 Å². The summed E-state index contributed by atoms with van der Waals surface area (Å²) < 4.78 is 0. The number of piperidine rings is 1. The summed E-state index contributed by atoms with van der Waals surface area (Å²) in [5.74, 6) is 1.46. The third-order valence-corrected chi connectivity index (χ3v) is 4.97. The van der Waals surface area contributed by atoms with Crippen LogP contribution in [0, 0.1) is 5.92 Å². The highest BCUT2D eigenvalue weighted by Gasteiger charge is 2.38. The average Bonchev–Trinajstić information content (AvgIpc) is 2.75. The highest BCUT2D eigenvalue weighted by molar-refractivity contribution is 5.81.